The fraction of sp³-hybridized carbons (Fsp3) is 0.412. The standard InChI is InChI=1S/C34H38O10/c1-17(2)33(35)43-27-18(3)19(4)28(44-34(36)20-12-10-9-11-13-20)21-14-23(37-5)29(38-6)31(39-7)25(21)26-22(27)15-24-30(32(26)40-8)42-16-41-24/h9-15,17-19,27-28H,16H2,1-8H3/t18-,19+,27-,28-/m1/s1. The normalized spacial score (nSPS) is 20.0. The molecule has 0 radical (unpaired) electrons. The molecule has 1 heterocycles. The summed E-state index contributed by atoms with van der Waals surface area (Å²) in [4.78, 5) is 26.8. The topological polar surface area (TPSA) is 108 Å². The van der Waals surface area contributed by atoms with E-state index in [9.17, 15) is 9.59 Å². The van der Waals surface area contributed by atoms with Gasteiger partial charge < -0.3 is 37.9 Å². The zero-order chi connectivity index (χ0) is 31.7. The zero-order valence-electron chi connectivity index (χ0n) is 26.2. The van der Waals surface area contributed by atoms with Crippen LogP contribution in [0.1, 0.15) is 61.4 Å². The minimum atomic E-state index is -0.843. The molecule has 3 aromatic carbocycles. The molecule has 0 N–H and O–H groups in total. The van der Waals surface area contributed by atoms with Crippen molar-refractivity contribution in [1.29, 1.82) is 0 Å². The lowest BCUT2D eigenvalue weighted by Gasteiger charge is -2.39. The van der Waals surface area contributed by atoms with Gasteiger partial charge >= 0.3 is 11.9 Å². The van der Waals surface area contributed by atoms with E-state index < -0.39 is 18.2 Å². The van der Waals surface area contributed by atoms with Crippen LogP contribution in [0, 0.1) is 17.8 Å². The summed E-state index contributed by atoms with van der Waals surface area (Å²) < 4.78 is 47.8. The van der Waals surface area contributed by atoms with Crippen molar-refractivity contribution in [1.82, 2.24) is 0 Å². The Morgan fingerprint density at radius 3 is 1.93 bits per heavy atom. The average Bonchev–Trinajstić information content (AvgIpc) is 3.51. The van der Waals surface area contributed by atoms with Gasteiger partial charge in [0, 0.05) is 34.1 Å². The summed E-state index contributed by atoms with van der Waals surface area (Å²) in [6.45, 7) is 7.48. The lowest BCUT2D eigenvalue weighted by atomic mass is 9.74. The van der Waals surface area contributed by atoms with Crippen molar-refractivity contribution in [2.45, 2.75) is 39.9 Å². The van der Waals surface area contributed by atoms with Crippen molar-refractivity contribution in [2.24, 2.45) is 17.8 Å². The summed E-state index contributed by atoms with van der Waals surface area (Å²) in [5, 5.41) is 0. The van der Waals surface area contributed by atoms with Crippen molar-refractivity contribution in [3.63, 3.8) is 0 Å². The van der Waals surface area contributed by atoms with Gasteiger partial charge in [-0.3, -0.25) is 4.79 Å². The van der Waals surface area contributed by atoms with Gasteiger partial charge in [0.2, 0.25) is 18.3 Å². The van der Waals surface area contributed by atoms with Crippen LogP contribution in [0.15, 0.2) is 42.5 Å². The van der Waals surface area contributed by atoms with Crippen LogP contribution in [-0.2, 0) is 14.3 Å². The predicted octanol–water partition coefficient (Wildman–Crippen LogP) is 6.54. The Morgan fingerprint density at radius 1 is 0.750 bits per heavy atom. The highest BCUT2D eigenvalue weighted by Gasteiger charge is 2.44. The number of carbonyl (C=O) groups excluding carboxylic acids is 2. The van der Waals surface area contributed by atoms with Gasteiger partial charge in [0.25, 0.3) is 0 Å². The van der Waals surface area contributed by atoms with Gasteiger partial charge in [-0.25, -0.2) is 4.79 Å². The maximum absolute atomic E-state index is 13.6. The molecule has 1 aliphatic heterocycles. The fourth-order valence-corrected chi connectivity index (χ4v) is 5.84. The molecule has 0 aromatic heterocycles. The summed E-state index contributed by atoms with van der Waals surface area (Å²) in [6.07, 6.45) is -1.63. The number of hydrogen-bond donors (Lipinski definition) is 0. The summed E-state index contributed by atoms with van der Waals surface area (Å²) in [6, 6.07) is 12.4. The van der Waals surface area contributed by atoms with E-state index in [-0.39, 0.29) is 30.5 Å². The maximum atomic E-state index is 13.6. The highest BCUT2D eigenvalue weighted by molar-refractivity contribution is 5.91. The predicted molar refractivity (Wildman–Crippen MR) is 161 cm³/mol. The Hall–Kier alpha value is -4.60. The molecule has 3 aromatic rings. The first-order valence-electron chi connectivity index (χ1n) is 14.5. The number of benzene rings is 3. The Balaban J connectivity index is 1.89. The molecule has 2 aliphatic rings. The molecule has 10 nitrogen and oxygen atoms in total. The van der Waals surface area contributed by atoms with E-state index >= 15 is 0 Å². The Kier molecular flexibility index (Phi) is 8.80. The van der Waals surface area contributed by atoms with Gasteiger partial charge in [0.1, 0.15) is 12.2 Å². The number of carbonyl (C=O) groups is 2. The molecule has 1 aliphatic carbocycles. The molecule has 0 saturated heterocycles. The largest absolute Gasteiger partial charge is 0.493 e. The van der Waals surface area contributed by atoms with Crippen LogP contribution in [0.3, 0.4) is 0 Å². The Labute approximate surface area is 257 Å². The van der Waals surface area contributed by atoms with Crippen LogP contribution in [0.2, 0.25) is 0 Å². The van der Waals surface area contributed by atoms with Gasteiger partial charge in [-0.1, -0.05) is 45.9 Å². The molecule has 234 valence electrons. The molecule has 0 unspecified atom stereocenters. The number of ether oxygens (including phenoxy) is 8. The first kappa shape index (κ1) is 30.8. The lowest BCUT2D eigenvalue weighted by Crippen LogP contribution is -2.32. The van der Waals surface area contributed by atoms with Crippen molar-refractivity contribution >= 4 is 11.9 Å². The van der Waals surface area contributed by atoms with Crippen molar-refractivity contribution in [3.8, 4) is 45.6 Å². The lowest BCUT2D eigenvalue weighted by molar-refractivity contribution is -0.158. The van der Waals surface area contributed by atoms with Gasteiger partial charge in [0.05, 0.1) is 39.9 Å². The maximum Gasteiger partial charge on any atom is 0.338 e. The summed E-state index contributed by atoms with van der Waals surface area (Å²) in [7, 11) is 6.08. The molecular formula is C34H38O10. The van der Waals surface area contributed by atoms with E-state index in [0.29, 0.717) is 62.3 Å². The molecule has 5 rings (SSSR count). The second-order valence-electron chi connectivity index (χ2n) is 11.1. The molecule has 0 bridgehead atoms. The van der Waals surface area contributed by atoms with Crippen LogP contribution < -0.4 is 28.4 Å². The highest BCUT2D eigenvalue weighted by Crippen LogP contribution is 2.60. The molecule has 0 amide bonds. The second kappa shape index (κ2) is 12.6. The third-order valence-corrected chi connectivity index (χ3v) is 8.32. The quantitative estimate of drug-likeness (QED) is 0.262. The molecule has 10 heteroatoms. The third kappa shape index (κ3) is 5.22. The summed E-state index contributed by atoms with van der Waals surface area (Å²) >= 11 is 0. The zero-order valence-corrected chi connectivity index (χ0v) is 26.2. The molecular weight excluding hydrogens is 568 g/mol. The van der Waals surface area contributed by atoms with Crippen LogP contribution in [-0.4, -0.2) is 47.2 Å². The van der Waals surface area contributed by atoms with E-state index in [2.05, 4.69) is 0 Å². The first-order chi connectivity index (χ1) is 21.2. The van der Waals surface area contributed by atoms with Gasteiger partial charge in [-0.05, 0) is 24.3 Å². The smallest absolute Gasteiger partial charge is 0.338 e. The van der Waals surface area contributed by atoms with E-state index in [1.54, 1.807) is 44.2 Å². The third-order valence-electron chi connectivity index (χ3n) is 8.32. The van der Waals surface area contributed by atoms with Crippen molar-refractivity contribution < 1.29 is 47.5 Å². The van der Waals surface area contributed by atoms with Gasteiger partial charge in [-0.2, -0.15) is 0 Å². The molecule has 0 fully saturated rings. The number of fused-ring (bicyclic) bond motifs is 4. The number of methoxy groups -OCH3 is 4. The monoisotopic (exact) mass is 606 g/mol. The molecule has 0 saturated carbocycles. The minimum absolute atomic E-state index is 0.00969. The summed E-state index contributed by atoms with van der Waals surface area (Å²) in [5.74, 6) is 0.206. The SMILES string of the molecule is COc1cc2c(c(OC)c1OC)-c1c(cc3c(c1OC)OCO3)[C@H](OC(=O)C(C)C)[C@H](C)[C@H](C)[C@H]2OC(=O)c1ccccc1. The highest BCUT2D eigenvalue weighted by atomic mass is 16.7. The first-order valence-corrected chi connectivity index (χ1v) is 14.5. The van der Waals surface area contributed by atoms with Crippen LogP contribution in [0.25, 0.3) is 11.1 Å². The summed E-state index contributed by atoms with van der Waals surface area (Å²) in [5.41, 5.74) is 2.66. The van der Waals surface area contributed by atoms with Crippen molar-refractivity contribution in [2.75, 3.05) is 35.2 Å². The fourth-order valence-electron chi connectivity index (χ4n) is 5.84. The number of hydrogen-bond acceptors (Lipinski definition) is 10. The molecule has 4 atom stereocenters. The van der Waals surface area contributed by atoms with Gasteiger partial charge in [0.15, 0.2) is 23.0 Å². The Morgan fingerprint density at radius 2 is 1.34 bits per heavy atom. The van der Waals surface area contributed by atoms with Gasteiger partial charge in [-0.15, -0.1) is 0 Å². The molecule has 0 spiro atoms. The second-order valence-corrected chi connectivity index (χ2v) is 11.1. The number of esters is 2. The molecule has 44 heavy (non-hydrogen) atoms. The van der Waals surface area contributed by atoms with Crippen molar-refractivity contribution in [3.05, 3.63) is 59.2 Å². The van der Waals surface area contributed by atoms with Crippen LogP contribution in [0.5, 0.6) is 34.5 Å². The van der Waals surface area contributed by atoms with E-state index in [0.717, 1.165) is 0 Å². The average molecular weight is 607 g/mol. The van der Waals surface area contributed by atoms with E-state index in [1.165, 1.54) is 28.4 Å². The minimum Gasteiger partial charge on any atom is -0.493 e. The van der Waals surface area contributed by atoms with Crippen LogP contribution in [0.4, 0.5) is 0 Å². The van der Waals surface area contributed by atoms with E-state index in [1.807, 2.05) is 26.0 Å². The van der Waals surface area contributed by atoms with E-state index in [4.69, 9.17) is 37.9 Å². The number of rotatable bonds is 8. The van der Waals surface area contributed by atoms with Crippen LogP contribution >= 0.6 is 0 Å². The Bertz CT molecular complexity index is 1550.